The highest BCUT2D eigenvalue weighted by Gasteiger charge is 2.37. The minimum absolute atomic E-state index is 0.0453. The molecule has 0 aliphatic heterocycles. The number of hydrogen-bond donors (Lipinski definition) is 2. The zero-order valence-corrected chi connectivity index (χ0v) is 12.5. The van der Waals surface area contributed by atoms with Crippen LogP contribution in [0, 0.1) is 12.1 Å². The number of alkyl halides is 6. The Hall–Kier alpha value is -2.47. The van der Waals surface area contributed by atoms with Crippen LogP contribution in [0.1, 0.15) is 11.1 Å². The first-order chi connectivity index (χ1) is 11.1. The van der Waals surface area contributed by atoms with Gasteiger partial charge in [0.25, 0.3) is 0 Å². The molecule has 2 aromatic carbocycles. The van der Waals surface area contributed by atoms with E-state index in [1.165, 1.54) is 12.1 Å². The summed E-state index contributed by atoms with van der Waals surface area (Å²) in [6.45, 7) is 0. The van der Waals surface area contributed by atoms with E-state index in [0.29, 0.717) is 17.8 Å². The van der Waals surface area contributed by atoms with Gasteiger partial charge in [-0.1, -0.05) is 12.1 Å². The lowest BCUT2D eigenvalue weighted by molar-refractivity contribution is -0.143. The summed E-state index contributed by atoms with van der Waals surface area (Å²) in [5, 5.41) is 4.76. The average molecular weight is 362 g/mol. The molecule has 0 bridgehead atoms. The molecule has 0 saturated heterocycles. The summed E-state index contributed by atoms with van der Waals surface area (Å²) in [7, 11) is 0. The van der Waals surface area contributed by atoms with Crippen molar-refractivity contribution in [1.29, 1.82) is 0 Å². The lowest BCUT2D eigenvalue weighted by atomic mass is 10.1. The smallest absolute Gasteiger partial charge is 0.332 e. The maximum atomic E-state index is 12.8. The first-order valence-corrected chi connectivity index (χ1v) is 6.72. The summed E-state index contributed by atoms with van der Waals surface area (Å²) in [4.78, 5) is 0. The number of benzene rings is 1. The molecule has 0 heterocycles. The fourth-order valence-electron chi connectivity index (χ4n) is 1.75. The molecule has 2 nitrogen and oxygen atoms in total. The summed E-state index contributed by atoms with van der Waals surface area (Å²) in [6.07, 6.45) is -9.84. The van der Waals surface area contributed by atoms with Crippen molar-refractivity contribution in [1.82, 2.24) is 0 Å². The molecule has 0 radical (unpaired) electrons. The summed E-state index contributed by atoms with van der Waals surface area (Å²) in [5.41, 5.74) is -2.83. The predicted molar refractivity (Wildman–Crippen MR) is 80.4 cm³/mol. The van der Waals surface area contributed by atoms with Crippen molar-refractivity contribution in [3.63, 3.8) is 0 Å². The Morgan fingerprint density at radius 1 is 0.833 bits per heavy atom. The molecular weight excluding hydrogens is 354 g/mol. The third-order valence-corrected chi connectivity index (χ3v) is 2.96. The quantitative estimate of drug-likeness (QED) is 0.572. The zero-order valence-electron chi connectivity index (χ0n) is 11.6. The van der Waals surface area contributed by atoms with Crippen molar-refractivity contribution in [3.8, 4) is 0 Å². The van der Waals surface area contributed by atoms with Gasteiger partial charge in [-0.15, -0.1) is 0 Å². The van der Waals surface area contributed by atoms with Crippen LogP contribution < -0.4 is 10.6 Å². The molecule has 2 rings (SSSR count). The van der Waals surface area contributed by atoms with E-state index in [-0.39, 0.29) is 11.2 Å². The molecule has 0 aliphatic carbocycles. The number of thiocarbonyl (C=S) groups is 1. The molecule has 0 spiro atoms. The fraction of sp³-hybridized carbons (Fsp3) is 0.133. The first-order valence-electron chi connectivity index (χ1n) is 6.31. The van der Waals surface area contributed by atoms with Crippen LogP contribution in [0.4, 0.5) is 37.7 Å². The monoisotopic (exact) mass is 362 g/mol. The molecule has 0 amide bonds. The van der Waals surface area contributed by atoms with E-state index in [9.17, 15) is 26.3 Å². The molecule has 9 heteroatoms. The second-order valence-corrected chi connectivity index (χ2v) is 5.00. The van der Waals surface area contributed by atoms with E-state index < -0.39 is 29.2 Å². The van der Waals surface area contributed by atoms with Crippen molar-refractivity contribution in [2.45, 2.75) is 12.4 Å². The summed E-state index contributed by atoms with van der Waals surface area (Å²) < 4.78 is 76.6. The largest absolute Gasteiger partial charge is 0.416 e. The van der Waals surface area contributed by atoms with Gasteiger partial charge in [0.2, 0.25) is 0 Å². The number of anilines is 2. The number of nitrogens with one attached hydrogen (secondary N) is 2. The van der Waals surface area contributed by atoms with Crippen LogP contribution in [0.3, 0.4) is 0 Å². The highest BCUT2D eigenvalue weighted by atomic mass is 32.1. The van der Waals surface area contributed by atoms with Crippen LogP contribution in [-0.2, 0) is 12.4 Å². The molecule has 0 unspecified atom stereocenters. The minimum atomic E-state index is -4.92. The molecule has 24 heavy (non-hydrogen) atoms. The van der Waals surface area contributed by atoms with E-state index >= 15 is 0 Å². The Morgan fingerprint density at radius 2 is 1.38 bits per heavy atom. The van der Waals surface area contributed by atoms with Gasteiger partial charge in [0, 0.05) is 17.4 Å². The van der Waals surface area contributed by atoms with Gasteiger partial charge in [0.1, 0.15) is 0 Å². The Labute approximate surface area is 138 Å². The number of halogens is 6. The third kappa shape index (κ3) is 4.76. The SMILES string of the molecule is FC(F)(F)c1cc(NC(=S)Nc2cc#ccc2)cc(C(F)(F)F)c1. The Morgan fingerprint density at radius 3 is 1.83 bits per heavy atom. The van der Waals surface area contributed by atoms with Gasteiger partial charge in [-0.3, -0.25) is 0 Å². The Kier molecular flexibility index (Phi) is 4.89. The van der Waals surface area contributed by atoms with Crippen molar-refractivity contribution in [2.75, 3.05) is 10.6 Å². The standard InChI is InChI=1S/C15H8F6N2S/c16-14(17,18)9-6-10(15(19,20)21)8-12(7-9)23-13(24)22-11-4-2-1-3-5-11/h2,4-8H,(H2,22,23,24). The Bertz CT molecular complexity index is 693. The second-order valence-electron chi connectivity index (χ2n) is 4.60. The molecule has 0 aliphatic rings. The van der Waals surface area contributed by atoms with Gasteiger partial charge in [-0.05, 0) is 42.5 Å². The molecule has 0 aromatic heterocycles. The van der Waals surface area contributed by atoms with Gasteiger partial charge >= 0.3 is 12.4 Å². The number of rotatable bonds is 2. The average Bonchev–Trinajstić information content (AvgIpc) is 2.46. The van der Waals surface area contributed by atoms with Crippen LogP contribution >= 0.6 is 12.2 Å². The highest BCUT2D eigenvalue weighted by Crippen LogP contribution is 2.37. The molecular formula is C15H8F6N2S. The van der Waals surface area contributed by atoms with E-state index in [2.05, 4.69) is 22.8 Å². The van der Waals surface area contributed by atoms with Crippen molar-refractivity contribution in [2.24, 2.45) is 0 Å². The van der Waals surface area contributed by atoms with Gasteiger partial charge < -0.3 is 10.6 Å². The molecule has 126 valence electrons. The third-order valence-electron chi connectivity index (χ3n) is 2.76. The molecule has 0 fully saturated rings. The lowest BCUT2D eigenvalue weighted by Gasteiger charge is -2.16. The second kappa shape index (κ2) is 6.57. The maximum Gasteiger partial charge on any atom is 0.416 e. The van der Waals surface area contributed by atoms with Crippen LogP contribution in [0.2, 0.25) is 0 Å². The van der Waals surface area contributed by atoms with Crippen molar-refractivity contribution >= 4 is 28.7 Å². The number of hydrogen-bond acceptors (Lipinski definition) is 1. The summed E-state index contributed by atoms with van der Waals surface area (Å²) >= 11 is 4.88. The molecule has 2 N–H and O–H groups in total. The zero-order chi connectivity index (χ0) is 18.0. The predicted octanol–water partition coefficient (Wildman–Crippen LogP) is 5.13. The fourth-order valence-corrected chi connectivity index (χ4v) is 1.98. The topological polar surface area (TPSA) is 24.1 Å². The molecule has 2 aromatic rings. The molecule has 0 saturated carbocycles. The van der Waals surface area contributed by atoms with E-state index in [1.807, 2.05) is 0 Å². The summed E-state index contributed by atoms with van der Waals surface area (Å²) in [6, 6.07) is 10.9. The van der Waals surface area contributed by atoms with Gasteiger partial charge in [-0.2, -0.15) is 26.3 Å². The van der Waals surface area contributed by atoms with Gasteiger partial charge in [-0.25, -0.2) is 0 Å². The van der Waals surface area contributed by atoms with Crippen LogP contribution in [0.15, 0.2) is 36.4 Å². The van der Waals surface area contributed by atoms with E-state index in [1.54, 1.807) is 6.07 Å². The van der Waals surface area contributed by atoms with Gasteiger partial charge in [0.05, 0.1) is 11.1 Å². The van der Waals surface area contributed by atoms with Crippen LogP contribution in [-0.4, -0.2) is 5.11 Å². The summed E-state index contributed by atoms with van der Waals surface area (Å²) in [5.74, 6) is 0. The normalized spacial score (nSPS) is 11.6. The van der Waals surface area contributed by atoms with Crippen LogP contribution in [0.25, 0.3) is 0 Å². The van der Waals surface area contributed by atoms with E-state index in [4.69, 9.17) is 12.2 Å². The Balaban J connectivity index is 2.27. The van der Waals surface area contributed by atoms with Crippen LogP contribution in [0.5, 0.6) is 0 Å². The van der Waals surface area contributed by atoms with Crippen molar-refractivity contribution < 1.29 is 26.3 Å². The van der Waals surface area contributed by atoms with Gasteiger partial charge in [0.15, 0.2) is 5.11 Å². The molecule has 0 atom stereocenters. The van der Waals surface area contributed by atoms with E-state index in [0.717, 1.165) is 0 Å². The van der Waals surface area contributed by atoms with Crippen molar-refractivity contribution in [3.05, 3.63) is 59.7 Å². The first kappa shape index (κ1) is 17.9. The maximum absolute atomic E-state index is 12.8. The minimum Gasteiger partial charge on any atom is -0.332 e. The lowest BCUT2D eigenvalue weighted by Crippen LogP contribution is -2.20. The highest BCUT2D eigenvalue weighted by molar-refractivity contribution is 7.80.